The molecule has 0 aliphatic rings. The lowest BCUT2D eigenvalue weighted by Gasteiger charge is -2.32. The molecular formula is C25H24N2O4S. The second kappa shape index (κ2) is 8.70. The third kappa shape index (κ3) is 3.75. The average molecular weight is 449 g/mol. The Morgan fingerprint density at radius 2 is 1.31 bits per heavy atom. The lowest BCUT2D eigenvalue weighted by molar-refractivity contribution is -0.315. The molecular weight excluding hydrogens is 424 g/mol. The molecule has 0 saturated carbocycles. The van der Waals surface area contributed by atoms with Crippen molar-refractivity contribution in [2.24, 2.45) is 0 Å². The summed E-state index contributed by atoms with van der Waals surface area (Å²) in [6.45, 7) is 3.48. The number of hydrogen-bond acceptors (Lipinski definition) is 5. The van der Waals surface area contributed by atoms with Gasteiger partial charge in [-0.3, -0.25) is 5.26 Å². The molecule has 1 N–H and O–H groups in total. The van der Waals surface area contributed by atoms with Crippen LogP contribution in [-0.2, 0) is 26.9 Å². The average Bonchev–Trinajstić information content (AvgIpc) is 3.13. The summed E-state index contributed by atoms with van der Waals surface area (Å²) in [4.78, 5) is 5.38. The van der Waals surface area contributed by atoms with Crippen molar-refractivity contribution < 1.29 is 18.6 Å². The highest BCUT2D eigenvalue weighted by Crippen LogP contribution is 2.38. The van der Waals surface area contributed by atoms with Crippen molar-refractivity contribution in [2.45, 2.75) is 30.8 Å². The molecule has 1 aromatic heterocycles. The third-order valence-electron chi connectivity index (χ3n) is 5.73. The summed E-state index contributed by atoms with van der Waals surface area (Å²) < 4.78 is 27.5. The maximum Gasteiger partial charge on any atom is 0.283 e. The van der Waals surface area contributed by atoms with E-state index in [1.54, 1.807) is 44.2 Å². The van der Waals surface area contributed by atoms with Crippen LogP contribution in [0.15, 0.2) is 95.9 Å². The highest BCUT2D eigenvalue weighted by molar-refractivity contribution is 7.89. The molecule has 0 bridgehead atoms. The van der Waals surface area contributed by atoms with E-state index >= 15 is 0 Å². The van der Waals surface area contributed by atoms with Crippen LogP contribution in [-0.4, -0.2) is 22.9 Å². The SMILES string of the molecule is Cc1nn(S(=O)(=O)c2ccccc2)c(C)c1CC(OO)(c1ccccc1)c1ccccc1. The summed E-state index contributed by atoms with van der Waals surface area (Å²) >= 11 is 0. The van der Waals surface area contributed by atoms with Gasteiger partial charge in [0.05, 0.1) is 16.3 Å². The van der Waals surface area contributed by atoms with Crippen molar-refractivity contribution in [3.8, 4) is 0 Å². The first kappa shape index (κ1) is 22.0. The smallest absolute Gasteiger partial charge is 0.251 e. The van der Waals surface area contributed by atoms with Crippen molar-refractivity contribution in [2.75, 3.05) is 0 Å². The molecule has 0 amide bonds. The van der Waals surface area contributed by atoms with Gasteiger partial charge in [0.1, 0.15) is 0 Å². The van der Waals surface area contributed by atoms with Crippen molar-refractivity contribution >= 4 is 10.0 Å². The van der Waals surface area contributed by atoms with Crippen molar-refractivity contribution in [1.82, 2.24) is 9.19 Å². The Kier molecular flexibility index (Phi) is 5.97. The quantitative estimate of drug-likeness (QED) is 0.327. The first-order chi connectivity index (χ1) is 15.4. The van der Waals surface area contributed by atoms with Crippen molar-refractivity contribution in [3.63, 3.8) is 0 Å². The lowest BCUT2D eigenvalue weighted by atomic mass is 9.81. The molecule has 0 saturated heterocycles. The summed E-state index contributed by atoms with van der Waals surface area (Å²) in [6, 6.07) is 26.9. The molecule has 0 spiro atoms. The van der Waals surface area contributed by atoms with Crippen molar-refractivity contribution in [1.29, 1.82) is 0 Å². The molecule has 0 atom stereocenters. The highest BCUT2D eigenvalue weighted by Gasteiger charge is 2.39. The number of rotatable bonds is 7. The van der Waals surface area contributed by atoms with Gasteiger partial charge in [-0.15, -0.1) is 0 Å². The molecule has 4 aromatic rings. The summed E-state index contributed by atoms with van der Waals surface area (Å²) in [7, 11) is -3.86. The number of hydrogen-bond donors (Lipinski definition) is 1. The van der Waals surface area contributed by atoms with Gasteiger partial charge in [0.15, 0.2) is 5.60 Å². The van der Waals surface area contributed by atoms with E-state index < -0.39 is 15.6 Å². The van der Waals surface area contributed by atoms with E-state index in [-0.39, 0.29) is 11.3 Å². The zero-order valence-electron chi connectivity index (χ0n) is 17.8. The fraction of sp³-hybridized carbons (Fsp3) is 0.160. The Bertz CT molecular complexity index is 1260. The van der Waals surface area contributed by atoms with E-state index in [4.69, 9.17) is 4.89 Å². The molecule has 0 fully saturated rings. The maximum atomic E-state index is 13.2. The highest BCUT2D eigenvalue weighted by atomic mass is 32.2. The topological polar surface area (TPSA) is 81.4 Å². The Balaban J connectivity index is 1.86. The summed E-state index contributed by atoms with van der Waals surface area (Å²) in [6.07, 6.45) is 0.194. The summed E-state index contributed by atoms with van der Waals surface area (Å²) in [5.74, 6) is 0. The number of benzene rings is 3. The lowest BCUT2D eigenvalue weighted by Crippen LogP contribution is -2.33. The molecule has 0 radical (unpaired) electrons. The van der Waals surface area contributed by atoms with E-state index in [0.717, 1.165) is 15.2 Å². The van der Waals surface area contributed by atoms with Crippen LogP contribution < -0.4 is 0 Å². The van der Waals surface area contributed by atoms with Gasteiger partial charge in [0.2, 0.25) is 0 Å². The van der Waals surface area contributed by atoms with Crippen LogP contribution >= 0.6 is 0 Å². The van der Waals surface area contributed by atoms with Crippen molar-refractivity contribution in [3.05, 3.63) is 119 Å². The minimum atomic E-state index is -3.86. The van der Waals surface area contributed by atoms with Crippen LogP contribution in [0.2, 0.25) is 0 Å². The van der Waals surface area contributed by atoms with E-state index in [2.05, 4.69) is 5.10 Å². The van der Waals surface area contributed by atoms with Crippen LogP contribution in [0.3, 0.4) is 0 Å². The molecule has 32 heavy (non-hydrogen) atoms. The van der Waals surface area contributed by atoms with Gasteiger partial charge in [-0.2, -0.15) is 17.6 Å². The molecule has 7 heteroatoms. The van der Waals surface area contributed by atoms with Crippen LogP contribution in [0.5, 0.6) is 0 Å². The van der Waals surface area contributed by atoms with Crippen LogP contribution in [0.1, 0.15) is 28.1 Å². The first-order valence-electron chi connectivity index (χ1n) is 10.2. The fourth-order valence-corrected chi connectivity index (χ4v) is 5.40. The normalized spacial score (nSPS) is 12.1. The number of aryl methyl sites for hydroxylation is 1. The molecule has 0 unspecified atom stereocenters. The first-order valence-corrected chi connectivity index (χ1v) is 11.6. The minimum absolute atomic E-state index is 0.160. The van der Waals surface area contributed by atoms with Crippen LogP contribution in [0, 0.1) is 13.8 Å². The minimum Gasteiger partial charge on any atom is -0.251 e. The molecule has 0 aliphatic carbocycles. The molecule has 0 aliphatic heterocycles. The number of nitrogens with zero attached hydrogens (tertiary/aromatic N) is 2. The molecule has 3 aromatic carbocycles. The molecule has 164 valence electrons. The van der Waals surface area contributed by atoms with Gasteiger partial charge in [-0.1, -0.05) is 78.9 Å². The maximum absolute atomic E-state index is 13.2. The zero-order chi connectivity index (χ0) is 22.8. The Labute approximate surface area is 187 Å². The van der Waals surface area contributed by atoms with Gasteiger partial charge in [0.25, 0.3) is 10.0 Å². The van der Waals surface area contributed by atoms with Gasteiger partial charge in [-0.05, 0) is 37.1 Å². The number of aromatic nitrogens is 2. The third-order valence-corrected chi connectivity index (χ3v) is 7.41. The van der Waals surface area contributed by atoms with Crippen LogP contribution in [0.4, 0.5) is 0 Å². The summed E-state index contributed by atoms with van der Waals surface area (Å²) in [5, 5.41) is 14.6. The fourth-order valence-electron chi connectivity index (χ4n) is 4.00. The van der Waals surface area contributed by atoms with Gasteiger partial charge in [-0.25, -0.2) is 4.89 Å². The second-order valence-corrected chi connectivity index (χ2v) is 9.40. The Morgan fingerprint density at radius 3 is 1.78 bits per heavy atom. The van der Waals surface area contributed by atoms with E-state index in [0.29, 0.717) is 17.0 Å². The summed E-state index contributed by atoms with van der Waals surface area (Å²) in [5.41, 5.74) is 1.96. The Hall–Kier alpha value is -3.26. The van der Waals surface area contributed by atoms with E-state index in [1.807, 2.05) is 60.7 Å². The zero-order valence-corrected chi connectivity index (χ0v) is 18.7. The van der Waals surface area contributed by atoms with Gasteiger partial charge >= 0.3 is 0 Å². The molecule has 6 nitrogen and oxygen atoms in total. The van der Waals surface area contributed by atoms with Gasteiger partial charge in [0, 0.05) is 12.0 Å². The monoisotopic (exact) mass is 448 g/mol. The van der Waals surface area contributed by atoms with E-state index in [1.165, 1.54) is 0 Å². The Morgan fingerprint density at radius 1 is 0.844 bits per heavy atom. The second-order valence-electron chi connectivity index (χ2n) is 7.64. The van der Waals surface area contributed by atoms with Crippen LogP contribution in [0.25, 0.3) is 0 Å². The van der Waals surface area contributed by atoms with Gasteiger partial charge < -0.3 is 0 Å². The predicted octanol–water partition coefficient (Wildman–Crippen LogP) is 4.71. The predicted molar refractivity (Wildman–Crippen MR) is 122 cm³/mol. The molecule has 4 rings (SSSR count). The largest absolute Gasteiger partial charge is 0.283 e. The van der Waals surface area contributed by atoms with E-state index in [9.17, 15) is 13.7 Å². The molecule has 1 heterocycles. The standard InChI is InChI=1S/C25H24N2O4S/c1-19-24(20(2)27(26-19)32(29,30)23-16-10-5-11-17-23)18-25(31-28,21-12-6-3-7-13-21)22-14-8-4-9-15-22/h3-17,28H,18H2,1-2H3.